The Labute approximate surface area is 160 Å². The molecule has 142 valence electrons. The van der Waals surface area contributed by atoms with Gasteiger partial charge >= 0.3 is 5.97 Å². The largest absolute Gasteiger partial charge is 0.479 e. The first-order valence-corrected chi connectivity index (χ1v) is 9.21. The molecule has 2 heterocycles. The van der Waals surface area contributed by atoms with Gasteiger partial charge in [-0.05, 0) is 31.9 Å². The number of aromatic nitrogens is 3. The van der Waals surface area contributed by atoms with Gasteiger partial charge in [0.25, 0.3) is 5.91 Å². The van der Waals surface area contributed by atoms with Gasteiger partial charge in [-0.15, -0.1) is 5.10 Å². The number of nitrogens with zero attached hydrogens (tertiary/aromatic N) is 4. The smallest absolute Gasteiger partial charge is 0.334 e. The van der Waals surface area contributed by atoms with Crippen LogP contribution in [-0.2, 0) is 9.53 Å². The van der Waals surface area contributed by atoms with E-state index >= 15 is 0 Å². The first-order valence-electron chi connectivity index (χ1n) is 8.83. The Kier molecular flexibility index (Phi) is 4.61. The summed E-state index contributed by atoms with van der Waals surface area (Å²) in [6.07, 6.45) is 0.558. The van der Waals surface area contributed by atoms with E-state index in [2.05, 4.69) is 10.1 Å². The zero-order chi connectivity index (χ0) is 19.1. The second kappa shape index (κ2) is 6.94. The Morgan fingerprint density at radius 3 is 2.67 bits per heavy atom. The zero-order valence-electron chi connectivity index (χ0n) is 14.7. The van der Waals surface area contributed by atoms with Crippen LogP contribution in [0.15, 0.2) is 24.3 Å². The van der Waals surface area contributed by atoms with Crippen LogP contribution in [0.1, 0.15) is 42.1 Å². The fraction of sp³-hybridized carbons (Fsp3) is 0.444. The van der Waals surface area contributed by atoms with E-state index in [1.807, 2.05) is 18.2 Å². The molecule has 1 aliphatic heterocycles. The molecular weight excluding hydrogens is 372 g/mol. The summed E-state index contributed by atoms with van der Waals surface area (Å²) in [5, 5.41) is 14.2. The third-order valence-corrected chi connectivity index (χ3v) is 4.99. The first-order chi connectivity index (χ1) is 12.9. The van der Waals surface area contributed by atoms with Crippen LogP contribution in [0, 0.1) is 0 Å². The van der Waals surface area contributed by atoms with Crippen molar-refractivity contribution >= 4 is 23.5 Å². The lowest BCUT2D eigenvalue weighted by atomic mass is 10.2. The number of amides is 1. The van der Waals surface area contributed by atoms with Crippen LogP contribution < -0.4 is 0 Å². The van der Waals surface area contributed by atoms with Gasteiger partial charge in [0, 0.05) is 12.5 Å². The number of carboxylic acid groups (broad SMARTS) is 1. The lowest BCUT2D eigenvalue weighted by molar-refractivity contribution is -0.160. The summed E-state index contributed by atoms with van der Waals surface area (Å²) < 4.78 is 7.00. The van der Waals surface area contributed by atoms with Crippen LogP contribution in [0.3, 0.4) is 0 Å². The van der Waals surface area contributed by atoms with Gasteiger partial charge in [0.2, 0.25) is 5.82 Å². The fourth-order valence-electron chi connectivity index (χ4n) is 3.22. The number of ether oxygens (including phenoxy) is 1. The Balaban J connectivity index is 1.66. The summed E-state index contributed by atoms with van der Waals surface area (Å²) in [5.74, 6) is -0.472. The Hall–Kier alpha value is -2.45. The van der Waals surface area contributed by atoms with E-state index in [-0.39, 0.29) is 24.4 Å². The predicted octanol–water partition coefficient (Wildman–Crippen LogP) is 2.11. The molecule has 4 rings (SSSR count). The molecule has 1 aromatic carbocycles. The molecular formula is C18H19ClN4O4. The van der Waals surface area contributed by atoms with Crippen LogP contribution in [0.4, 0.5) is 0 Å². The van der Waals surface area contributed by atoms with Gasteiger partial charge in [0.15, 0.2) is 6.10 Å². The van der Waals surface area contributed by atoms with E-state index in [9.17, 15) is 14.7 Å². The van der Waals surface area contributed by atoms with Crippen molar-refractivity contribution < 1.29 is 19.4 Å². The van der Waals surface area contributed by atoms with E-state index in [4.69, 9.17) is 16.3 Å². The number of rotatable bonds is 4. The second-order valence-corrected chi connectivity index (χ2v) is 7.32. The van der Waals surface area contributed by atoms with Gasteiger partial charge < -0.3 is 14.7 Å². The molecule has 1 amide bonds. The molecule has 8 nitrogen and oxygen atoms in total. The monoisotopic (exact) mass is 390 g/mol. The van der Waals surface area contributed by atoms with Crippen molar-refractivity contribution in [3.8, 4) is 5.69 Å². The minimum atomic E-state index is -1.09. The van der Waals surface area contributed by atoms with E-state index in [1.54, 1.807) is 17.7 Å². The number of halogens is 1. The molecule has 2 atom stereocenters. The van der Waals surface area contributed by atoms with Gasteiger partial charge in [-0.2, -0.15) is 0 Å². The molecule has 1 unspecified atom stereocenters. The molecule has 0 spiro atoms. The van der Waals surface area contributed by atoms with Crippen molar-refractivity contribution in [1.29, 1.82) is 0 Å². The maximum Gasteiger partial charge on any atom is 0.334 e. The summed E-state index contributed by atoms with van der Waals surface area (Å²) in [4.78, 5) is 30.1. The Bertz CT molecular complexity index is 895. The number of carbonyl (C=O) groups is 2. The van der Waals surface area contributed by atoms with E-state index in [1.165, 1.54) is 4.90 Å². The molecule has 1 aliphatic carbocycles. The van der Waals surface area contributed by atoms with Gasteiger partial charge in [0.1, 0.15) is 5.82 Å². The molecule has 9 heteroatoms. The van der Waals surface area contributed by atoms with Crippen molar-refractivity contribution in [3.05, 3.63) is 40.9 Å². The van der Waals surface area contributed by atoms with Gasteiger partial charge in [-0.25, -0.2) is 14.5 Å². The number of para-hydroxylation sites is 1. The normalized spacial score (nSPS) is 22.7. The number of hydrogen-bond acceptors (Lipinski definition) is 5. The fourth-order valence-corrected chi connectivity index (χ4v) is 3.43. The van der Waals surface area contributed by atoms with Crippen LogP contribution in [0.25, 0.3) is 5.69 Å². The molecule has 0 radical (unpaired) electrons. The molecule has 2 aliphatic rings. The van der Waals surface area contributed by atoms with Crippen LogP contribution in [0.5, 0.6) is 0 Å². The topological polar surface area (TPSA) is 97.6 Å². The van der Waals surface area contributed by atoms with Crippen molar-refractivity contribution in [3.63, 3.8) is 0 Å². The first kappa shape index (κ1) is 17.9. The Morgan fingerprint density at radius 1 is 1.26 bits per heavy atom. The average molecular weight is 391 g/mol. The van der Waals surface area contributed by atoms with E-state index < -0.39 is 18.0 Å². The van der Waals surface area contributed by atoms with E-state index in [0.717, 1.165) is 12.8 Å². The third-order valence-electron chi connectivity index (χ3n) is 4.67. The molecule has 1 aromatic heterocycles. The van der Waals surface area contributed by atoms with Gasteiger partial charge in [0.05, 0.1) is 23.4 Å². The number of benzene rings is 1. The quantitative estimate of drug-likeness (QED) is 0.858. The highest BCUT2D eigenvalue weighted by Crippen LogP contribution is 2.40. The predicted molar refractivity (Wildman–Crippen MR) is 96.2 cm³/mol. The van der Waals surface area contributed by atoms with Crippen LogP contribution >= 0.6 is 11.6 Å². The average Bonchev–Trinajstić information content (AvgIpc) is 3.40. The molecule has 1 N–H and O–H groups in total. The maximum atomic E-state index is 12.9. The minimum Gasteiger partial charge on any atom is -0.479 e. The third kappa shape index (κ3) is 3.54. The van der Waals surface area contributed by atoms with E-state index in [0.29, 0.717) is 23.1 Å². The summed E-state index contributed by atoms with van der Waals surface area (Å²) >= 11 is 6.30. The molecule has 2 aromatic rings. The summed E-state index contributed by atoms with van der Waals surface area (Å²) in [5.41, 5.74) is 0.673. The lowest BCUT2D eigenvalue weighted by Gasteiger charge is -2.34. The SMILES string of the molecule is C[C@@H]1CN(C(=O)c2nc(C3CC3)n(-c3ccccc3Cl)n2)CC(C(=O)O)O1. The van der Waals surface area contributed by atoms with Crippen molar-refractivity contribution in [1.82, 2.24) is 19.7 Å². The standard InChI is InChI=1S/C18H19ClN4O4/c1-10-8-22(9-14(27-10)18(25)26)17(24)15-20-16(11-6-7-11)23(21-15)13-5-3-2-4-12(13)19/h2-5,10-11,14H,6-9H2,1H3,(H,25,26)/t10-,14?/m1/s1. The molecule has 2 fully saturated rings. The molecule has 1 saturated carbocycles. The maximum absolute atomic E-state index is 12.9. The van der Waals surface area contributed by atoms with Gasteiger partial charge in [-0.3, -0.25) is 4.79 Å². The molecule has 0 bridgehead atoms. The molecule has 27 heavy (non-hydrogen) atoms. The summed E-state index contributed by atoms with van der Waals surface area (Å²) in [6.45, 7) is 2.00. The number of aliphatic carboxylic acids is 1. The minimum absolute atomic E-state index is 0.0299. The summed E-state index contributed by atoms with van der Waals surface area (Å²) in [7, 11) is 0. The number of carbonyl (C=O) groups excluding carboxylic acids is 1. The van der Waals surface area contributed by atoms with Crippen LogP contribution in [0.2, 0.25) is 5.02 Å². The number of carboxylic acids is 1. The van der Waals surface area contributed by atoms with Gasteiger partial charge in [-0.1, -0.05) is 23.7 Å². The highest BCUT2D eigenvalue weighted by Gasteiger charge is 2.36. The van der Waals surface area contributed by atoms with Crippen molar-refractivity contribution in [2.45, 2.75) is 37.9 Å². The number of hydrogen-bond donors (Lipinski definition) is 1. The molecule has 1 saturated heterocycles. The number of morpholine rings is 1. The highest BCUT2D eigenvalue weighted by atomic mass is 35.5. The second-order valence-electron chi connectivity index (χ2n) is 6.91. The highest BCUT2D eigenvalue weighted by molar-refractivity contribution is 6.32. The lowest BCUT2D eigenvalue weighted by Crippen LogP contribution is -2.52. The van der Waals surface area contributed by atoms with Crippen LogP contribution in [-0.4, -0.2) is 61.9 Å². The summed E-state index contributed by atoms with van der Waals surface area (Å²) in [6, 6.07) is 7.27. The van der Waals surface area contributed by atoms with Crippen molar-refractivity contribution in [2.24, 2.45) is 0 Å². The zero-order valence-corrected chi connectivity index (χ0v) is 15.5. The van der Waals surface area contributed by atoms with Crippen molar-refractivity contribution in [2.75, 3.05) is 13.1 Å². The Morgan fingerprint density at radius 2 is 2.00 bits per heavy atom.